The molecule has 0 heterocycles. The van der Waals surface area contributed by atoms with Crippen LogP contribution in [0.4, 0.5) is 9.59 Å². The number of carbonyl (C=O) groups excluding carboxylic acids is 4. The second-order valence-electron chi connectivity index (χ2n) is 13.9. The molecule has 0 fully saturated rings. The van der Waals surface area contributed by atoms with Crippen LogP contribution in [0.1, 0.15) is 103 Å². The molecular weight excluding hydrogens is 646 g/mol. The second-order valence-corrected chi connectivity index (χ2v) is 13.9. The van der Waals surface area contributed by atoms with Gasteiger partial charge in [0.2, 0.25) is 11.8 Å². The topological polar surface area (TPSA) is 147 Å². The number of carbonyl (C=O) groups is 4. The Hall–Kier alpha value is -4.12. The smallest absolute Gasteiger partial charge is 0.408 e. The van der Waals surface area contributed by atoms with Crippen molar-refractivity contribution in [1.82, 2.24) is 26.6 Å². The highest BCUT2D eigenvalue weighted by molar-refractivity contribution is 5.86. The van der Waals surface area contributed by atoms with E-state index >= 15 is 0 Å². The summed E-state index contributed by atoms with van der Waals surface area (Å²) in [5.74, 6) is 0.149. The van der Waals surface area contributed by atoms with E-state index in [2.05, 4.69) is 26.6 Å². The molecule has 2 aromatic rings. The molecule has 0 saturated heterocycles. The highest BCUT2D eigenvalue weighted by Gasteiger charge is 2.23. The predicted molar refractivity (Wildman–Crippen MR) is 202 cm³/mol. The van der Waals surface area contributed by atoms with Crippen LogP contribution in [-0.2, 0) is 32.3 Å². The number of ether oxygens (including phenoxy) is 2. The molecule has 11 nitrogen and oxygen atoms in total. The summed E-state index contributed by atoms with van der Waals surface area (Å²) in [6.45, 7) is 11.5. The number of hydrogen-bond donors (Lipinski definition) is 5. The van der Waals surface area contributed by atoms with Gasteiger partial charge in [-0.3, -0.25) is 9.59 Å². The van der Waals surface area contributed by atoms with Crippen LogP contribution in [0.15, 0.2) is 60.7 Å². The van der Waals surface area contributed by atoms with Gasteiger partial charge in [0.15, 0.2) is 0 Å². The van der Waals surface area contributed by atoms with Gasteiger partial charge in [-0.1, -0.05) is 114 Å². The Bertz CT molecular complexity index is 1150. The molecular formula is C40H63N5O6. The molecule has 0 aliphatic heterocycles. The lowest BCUT2D eigenvalue weighted by Crippen LogP contribution is -2.47. The van der Waals surface area contributed by atoms with Gasteiger partial charge in [-0.15, -0.1) is 0 Å². The largest absolute Gasteiger partial charge is 0.445 e. The van der Waals surface area contributed by atoms with Crippen molar-refractivity contribution in [2.75, 3.05) is 26.2 Å². The molecule has 51 heavy (non-hydrogen) atoms. The molecule has 5 N–H and O–H groups in total. The van der Waals surface area contributed by atoms with Crippen molar-refractivity contribution in [1.29, 1.82) is 0 Å². The number of hydrogen-bond acceptors (Lipinski definition) is 7. The van der Waals surface area contributed by atoms with Crippen LogP contribution in [0.3, 0.4) is 0 Å². The standard InChI is InChI=1S/C40H63N5O6/c1-31(2)27-35(44-39(48)50-29-33-19-11-9-12-20-33)37(46)42-25-17-7-5-15-23-41-24-16-6-8-18-26-43-38(47)36(28-32(3)4)45-40(49)51-30-34-21-13-10-14-22-34/h9-14,19-22,31-32,35-36,41H,5-8,15-18,23-30H2,1-4H3,(H,42,46)(H,43,47)(H,44,48)(H,45,49)/t35-,36-/m1/s1. The Labute approximate surface area is 305 Å². The van der Waals surface area contributed by atoms with Gasteiger partial charge in [0, 0.05) is 13.1 Å². The number of nitrogens with one attached hydrogen (secondary N) is 5. The van der Waals surface area contributed by atoms with Gasteiger partial charge < -0.3 is 36.1 Å². The normalized spacial score (nSPS) is 12.2. The number of unbranched alkanes of at least 4 members (excludes halogenated alkanes) is 6. The summed E-state index contributed by atoms with van der Waals surface area (Å²) in [4.78, 5) is 50.1. The minimum atomic E-state index is -0.622. The first-order valence-electron chi connectivity index (χ1n) is 18.8. The SMILES string of the molecule is CC(C)C[C@@H](NC(=O)OCc1ccccc1)C(=O)NCCCCCCNCCCCCCNC(=O)[C@@H](CC(C)C)NC(=O)OCc1ccccc1. The molecule has 4 amide bonds. The molecule has 0 saturated carbocycles. The molecule has 0 aliphatic rings. The molecule has 0 unspecified atom stereocenters. The maximum Gasteiger partial charge on any atom is 0.408 e. The third-order valence-electron chi connectivity index (χ3n) is 8.22. The van der Waals surface area contributed by atoms with Crippen molar-refractivity contribution in [2.24, 2.45) is 11.8 Å². The van der Waals surface area contributed by atoms with Crippen molar-refractivity contribution in [3.8, 4) is 0 Å². The Balaban J connectivity index is 1.46. The molecule has 2 rings (SSSR count). The molecule has 0 aromatic heterocycles. The maximum atomic E-state index is 12.8. The van der Waals surface area contributed by atoms with E-state index in [-0.39, 0.29) is 36.9 Å². The molecule has 0 radical (unpaired) electrons. The number of rotatable bonds is 26. The zero-order chi connectivity index (χ0) is 37.1. The highest BCUT2D eigenvalue weighted by Crippen LogP contribution is 2.09. The summed E-state index contributed by atoms with van der Waals surface area (Å²) in [5, 5.41) is 14.9. The zero-order valence-corrected chi connectivity index (χ0v) is 31.3. The van der Waals surface area contributed by atoms with Gasteiger partial charge in [-0.25, -0.2) is 9.59 Å². The average Bonchev–Trinajstić information content (AvgIpc) is 3.11. The Kier molecular flexibility index (Phi) is 22.5. The molecule has 2 aromatic carbocycles. The van der Waals surface area contributed by atoms with Crippen LogP contribution >= 0.6 is 0 Å². The van der Waals surface area contributed by atoms with Gasteiger partial charge in [0.25, 0.3) is 0 Å². The highest BCUT2D eigenvalue weighted by atomic mass is 16.6. The monoisotopic (exact) mass is 709 g/mol. The summed E-state index contributed by atoms with van der Waals surface area (Å²) >= 11 is 0. The molecule has 0 spiro atoms. The first kappa shape index (κ1) is 43.0. The number of alkyl carbamates (subject to hydrolysis) is 2. The van der Waals surface area contributed by atoms with Gasteiger partial charge in [-0.2, -0.15) is 0 Å². The lowest BCUT2D eigenvalue weighted by atomic mass is 10.0. The van der Waals surface area contributed by atoms with Crippen LogP contribution < -0.4 is 26.6 Å². The maximum absolute atomic E-state index is 12.8. The Morgan fingerprint density at radius 1 is 0.510 bits per heavy atom. The molecule has 11 heteroatoms. The van der Waals surface area contributed by atoms with E-state index in [1.165, 1.54) is 0 Å². The van der Waals surface area contributed by atoms with E-state index < -0.39 is 24.3 Å². The quantitative estimate of drug-likeness (QED) is 0.0691. The van der Waals surface area contributed by atoms with Crippen LogP contribution in [0.5, 0.6) is 0 Å². The minimum absolute atomic E-state index is 0.162. The summed E-state index contributed by atoms with van der Waals surface area (Å²) in [6, 6.07) is 17.7. The lowest BCUT2D eigenvalue weighted by Gasteiger charge is -2.20. The fourth-order valence-corrected chi connectivity index (χ4v) is 5.47. The van der Waals surface area contributed by atoms with E-state index in [0.29, 0.717) is 25.9 Å². The van der Waals surface area contributed by atoms with Crippen molar-refractivity contribution in [3.63, 3.8) is 0 Å². The number of amides is 4. The first-order valence-corrected chi connectivity index (χ1v) is 18.8. The van der Waals surface area contributed by atoms with E-state index in [0.717, 1.165) is 75.6 Å². The van der Waals surface area contributed by atoms with Gasteiger partial charge in [0.05, 0.1) is 0 Å². The van der Waals surface area contributed by atoms with Crippen molar-refractivity contribution < 1.29 is 28.7 Å². The van der Waals surface area contributed by atoms with Crippen LogP contribution in [0.2, 0.25) is 0 Å². The lowest BCUT2D eigenvalue weighted by molar-refractivity contribution is -0.124. The predicted octanol–water partition coefficient (Wildman–Crippen LogP) is 6.61. The third-order valence-corrected chi connectivity index (χ3v) is 8.22. The first-order chi connectivity index (χ1) is 24.6. The molecule has 0 bridgehead atoms. The summed E-state index contributed by atoms with van der Waals surface area (Å²) < 4.78 is 10.6. The minimum Gasteiger partial charge on any atom is -0.445 e. The van der Waals surface area contributed by atoms with Gasteiger partial charge >= 0.3 is 12.2 Å². The number of benzene rings is 2. The second kappa shape index (κ2) is 26.7. The van der Waals surface area contributed by atoms with Crippen molar-refractivity contribution in [3.05, 3.63) is 71.8 Å². The fraction of sp³-hybridized carbons (Fsp3) is 0.600. The molecule has 0 aliphatic carbocycles. The van der Waals surface area contributed by atoms with Crippen molar-refractivity contribution >= 4 is 24.0 Å². The summed E-state index contributed by atoms with van der Waals surface area (Å²) in [5.41, 5.74) is 1.79. The third kappa shape index (κ3) is 21.6. The van der Waals surface area contributed by atoms with Gasteiger partial charge in [0.1, 0.15) is 25.3 Å². The van der Waals surface area contributed by atoms with Crippen LogP contribution in [-0.4, -0.2) is 62.3 Å². The average molecular weight is 710 g/mol. The van der Waals surface area contributed by atoms with E-state index in [9.17, 15) is 19.2 Å². The summed E-state index contributed by atoms with van der Waals surface area (Å²) in [7, 11) is 0. The molecule has 284 valence electrons. The summed E-state index contributed by atoms with van der Waals surface area (Å²) in [6.07, 6.45) is 8.07. The van der Waals surface area contributed by atoms with Gasteiger partial charge in [-0.05, 0) is 74.6 Å². The zero-order valence-electron chi connectivity index (χ0n) is 31.3. The van der Waals surface area contributed by atoms with Crippen LogP contribution in [0, 0.1) is 11.8 Å². The van der Waals surface area contributed by atoms with Crippen molar-refractivity contribution in [2.45, 2.75) is 117 Å². The van der Waals surface area contributed by atoms with E-state index in [1.807, 2.05) is 88.4 Å². The Morgan fingerprint density at radius 3 is 1.22 bits per heavy atom. The van der Waals surface area contributed by atoms with E-state index in [1.54, 1.807) is 0 Å². The Morgan fingerprint density at radius 2 is 0.863 bits per heavy atom. The fourth-order valence-electron chi connectivity index (χ4n) is 5.47. The molecule has 2 atom stereocenters. The van der Waals surface area contributed by atoms with E-state index in [4.69, 9.17) is 9.47 Å². The van der Waals surface area contributed by atoms with Crippen LogP contribution in [0.25, 0.3) is 0 Å².